The highest BCUT2D eigenvalue weighted by atomic mass is 32.2. The van der Waals surface area contributed by atoms with E-state index in [1.165, 1.54) is 17.1 Å². The summed E-state index contributed by atoms with van der Waals surface area (Å²) in [4.78, 5) is 11.9. The minimum Gasteiger partial charge on any atom is -0.350 e. The van der Waals surface area contributed by atoms with Crippen LogP contribution in [-0.2, 0) is 0 Å². The van der Waals surface area contributed by atoms with Crippen molar-refractivity contribution in [3.8, 4) is 0 Å². The van der Waals surface area contributed by atoms with E-state index in [0.29, 0.717) is 11.1 Å². The van der Waals surface area contributed by atoms with Crippen LogP contribution in [0.2, 0.25) is 0 Å². The predicted molar refractivity (Wildman–Crippen MR) is 85.0 cm³/mol. The van der Waals surface area contributed by atoms with Crippen molar-refractivity contribution < 1.29 is 4.79 Å². The number of thioether (sulfide) groups is 2. The number of rotatable bonds is 5. The van der Waals surface area contributed by atoms with Crippen LogP contribution in [0.4, 0.5) is 0 Å². The number of nitrogens with one attached hydrogen (secondary N) is 2. The Hall–Kier alpha value is -0.650. The van der Waals surface area contributed by atoms with E-state index in [2.05, 4.69) is 22.8 Å². The topological polar surface area (TPSA) is 41.1 Å². The Balaban J connectivity index is 1.92. The summed E-state index contributed by atoms with van der Waals surface area (Å²) in [5, 5.41) is 6.02. The van der Waals surface area contributed by atoms with Crippen molar-refractivity contribution in [1.29, 1.82) is 0 Å². The quantitative estimate of drug-likeness (QED) is 0.876. The lowest BCUT2D eigenvalue weighted by Crippen LogP contribution is -2.37. The fraction of sp³-hybridized carbons (Fsp3) is 0.500. The molecule has 0 aliphatic carbocycles. The van der Waals surface area contributed by atoms with Gasteiger partial charge in [0.1, 0.15) is 0 Å². The third-order valence-electron chi connectivity index (χ3n) is 3.13. The van der Waals surface area contributed by atoms with Crippen LogP contribution in [0.15, 0.2) is 24.3 Å². The van der Waals surface area contributed by atoms with Crippen molar-refractivity contribution in [3.63, 3.8) is 0 Å². The van der Waals surface area contributed by atoms with Crippen LogP contribution in [0.1, 0.15) is 27.4 Å². The van der Waals surface area contributed by atoms with Crippen LogP contribution in [-0.4, -0.2) is 37.0 Å². The van der Waals surface area contributed by atoms with E-state index >= 15 is 0 Å². The minimum absolute atomic E-state index is 0.000350. The van der Waals surface area contributed by atoms with Crippen LogP contribution >= 0.6 is 23.5 Å². The van der Waals surface area contributed by atoms with Gasteiger partial charge < -0.3 is 10.6 Å². The molecule has 1 unspecified atom stereocenters. The minimum atomic E-state index is 0.000350. The summed E-state index contributed by atoms with van der Waals surface area (Å²) in [7, 11) is 1.89. The molecule has 2 rings (SSSR count). The van der Waals surface area contributed by atoms with Crippen LogP contribution in [0.25, 0.3) is 0 Å². The number of amides is 1. The Kier molecular flexibility index (Phi) is 5.60. The summed E-state index contributed by atoms with van der Waals surface area (Å²) in [6, 6.07) is 8.29. The molecule has 1 amide bonds. The molecule has 1 fully saturated rings. The molecule has 1 aromatic carbocycles. The number of carbonyl (C=O) groups is 1. The van der Waals surface area contributed by atoms with E-state index in [1.54, 1.807) is 0 Å². The van der Waals surface area contributed by atoms with E-state index in [-0.39, 0.29) is 11.9 Å². The summed E-state index contributed by atoms with van der Waals surface area (Å²) in [5.41, 5.74) is 2.05. The highest BCUT2D eigenvalue weighted by Crippen LogP contribution is 2.45. The molecule has 1 saturated heterocycles. The standard InChI is InChI=1S/C14H20N2OS2/c1-10(15-2)9-16-13(17)11-3-5-12(6-4-11)14-18-7-8-19-14/h3-6,10,14-15H,7-9H2,1-2H3,(H,16,17). The van der Waals surface area contributed by atoms with Crippen LogP contribution in [0.3, 0.4) is 0 Å². The molecule has 0 aromatic heterocycles. The zero-order chi connectivity index (χ0) is 13.7. The second-order valence-electron chi connectivity index (χ2n) is 4.60. The third kappa shape index (κ3) is 4.16. The summed E-state index contributed by atoms with van der Waals surface area (Å²) in [5.74, 6) is 2.44. The Morgan fingerprint density at radius 3 is 2.53 bits per heavy atom. The number of likely N-dealkylation sites (N-methyl/N-ethyl adjacent to an activating group) is 1. The van der Waals surface area contributed by atoms with E-state index in [9.17, 15) is 4.79 Å². The lowest BCUT2D eigenvalue weighted by Gasteiger charge is -2.12. The fourth-order valence-corrected chi connectivity index (χ4v) is 4.65. The number of benzene rings is 1. The van der Waals surface area contributed by atoms with E-state index in [0.717, 1.165) is 5.56 Å². The maximum Gasteiger partial charge on any atom is 0.251 e. The van der Waals surface area contributed by atoms with Gasteiger partial charge in [0.25, 0.3) is 5.91 Å². The molecule has 19 heavy (non-hydrogen) atoms. The van der Waals surface area contributed by atoms with E-state index in [1.807, 2.05) is 49.6 Å². The van der Waals surface area contributed by atoms with Crippen LogP contribution in [0.5, 0.6) is 0 Å². The first-order chi connectivity index (χ1) is 9.20. The van der Waals surface area contributed by atoms with Crippen LogP contribution < -0.4 is 10.6 Å². The first kappa shape index (κ1) is 14.8. The smallest absolute Gasteiger partial charge is 0.251 e. The molecule has 1 heterocycles. The molecule has 1 aliphatic rings. The number of hydrogen-bond donors (Lipinski definition) is 2. The van der Waals surface area contributed by atoms with Gasteiger partial charge in [0.15, 0.2) is 0 Å². The molecule has 5 heteroatoms. The maximum atomic E-state index is 11.9. The second kappa shape index (κ2) is 7.22. The summed E-state index contributed by atoms with van der Waals surface area (Å²) >= 11 is 3.96. The molecule has 1 aliphatic heterocycles. The van der Waals surface area contributed by atoms with Crippen molar-refractivity contribution >= 4 is 29.4 Å². The molecule has 3 nitrogen and oxygen atoms in total. The molecule has 0 bridgehead atoms. The van der Waals surface area contributed by atoms with E-state index in [4.69, 9.17) is 0 Å². The van der Waals surface area contributed by atoms with Crippen molar-refractivity contribution in [2.24, 2.45) is 0 Å². The van der Waals surface area contributed by atoms with Crippen LogP contribution in [0, 0.1) is 0 Å². The zero-order valence-corrected chi connectivity index (χ0v) is 12.9. The molecule has 0 saturated carbocycles. The number of hydrogen-bond acceptors (Lipinski definition) is 4. The summed E-state index contributed by atoms with van der Waals surface area (Å²) in [6.07, 6.45) is 0. The molecule has 0 radical (unpaired) electrons. The first-order valence-corrected chi connectivity index (χ1v) is 8.59. The van der Waals surface area contributed by atoms with Gasteiger partial charge in [-0.2, -0.15) is 0 Å². The number of carbonyl (C=O) groups excluding carboxylic acids is 1. The first-order valence-electron chi connectivity index (χ1n) is 6.49. The van der Waals surface area contributed by atoms with Crippen molar-refractivity contribution in [2.45, 2.75) is 17.5 Å². The lowest BCUT2D eigenvalue weighted by molar-refractivity contribution is 0.0950. The van der Waals surface area contributed by atoms with Crippen molar-refractivity contribution in [3.05, 3.63) is 35.4 Å². The lowest BCUT2D eigenvalue weighted by atomic mass is 10.1. The largest absolute Gasteiger partial charge is 0.350 e. The van der Waals surface area contributed by atoms with Crippen molar-refractivity contribution in [2.75, 3.05) is 25.1 Å². The van der Waals surface area contributed by atoms with Gasteiger partial charge >= 0.3 is 0 Å². The Bertz CT molecular complexity index is 416. The van der Waals surface area contributed by atoms with Gasteiger partial charge in [-0.15, -0.1) is 23.5 Å². The second-order valence-corrected chi connectivity index (χ2v) is 7.32. The molecule has 2 N–H and O–H groups in total. The van der Waals surface area contributed by atoms with Gasteiger partial charge in [0.2, 0.25) is 0 Å². The fourth-order valence-electron chi connectivity index (χ4n) is 1.79. The van der Waals surface area contributed by atoms with Gasteiger partial charge in [0.05, 0.1) is 4.58 Å². The maximum absolute atomic E-state index is 11.9. The molecule has 1 aromatic rings. The normalized spacial score (nSPS) is 17.4. The summed E-state index contributed by atoms with van der Waals surface area (Å²) < 4.78 is 0.543. The van der Waals surface area contributed by atoms with Gasteiger partial charge in [-0.05, 0) is 31.7 Å². The summed E-state index contributed by atoms with van der Waals surface area (Å²) in [6.45, 7) is 2.68. The van der Waals surface area contributed by atoms with Gasteiger partial charge in [-0.3, -0.25) is 4.79 Å². The average molecular weight is 296 g/mol. The molecule has 1 atom stereocenters. The Morgan fingerprint density at radius 1 is 1.32 bits per heavy atom. The molecular weight excluding hydrogens is 276 g/mol. The van der Waals surface area contributed by atoms with Gasteiger partial charge in [0, 0.05) is 29.7 Å². The molecule has 104 valence electrons. The van der Waals surface area contributed by atoms with Crippen molar-refractivity contribution in [1.82, 2.24) is 10.6 Å². The average Bonchev–Trinajstić information content (AvgIpc) is 2.98. The molecule has 0 spiro atoms. The predicted octanol–water partition coefficient (Wildman–Crippen LogP) is 2.50. The van der Waals surface area contributed by atoms with Gasteiger partial charge in [-0.25, -0.2) is 0 Å². The van der Waals surface area contributed by atoms with Gasteiger partial charge in [-0.1, -0.05) is 12.1 Å². The Morgan fingerprint density at radius 2 is 1.95 bits per heavy atom. The highest BCUT2D eigenvalue weighted by molar-refractivity contribution is 8.19. The van der Waals surface area contributed by atoms with E-state index < -0.39 is 0 Å². The third-order valence-corrected chi connectivity index (χ3v) is 6.23. The Labute approximate surface area is 123 Å². The SMILES string of the molecule is CNC(C)CNC(=O)c1ccc(C2SCCS2)cc1. The molecular formula is C14H20N2OS2. The monoisotopic (exact) mass is 296 g/mol. The zero-order valence-electron chi connectivity index (χ0n) is 11.3. The highest BCUT2D eigenvalue weighted by Gasteiger charge is 2.18.